The number of aryl methyl sites for hydroxylation is 2. The molecule has 0 aliphatic heterocycles. The van der Waals surface area contributed by atoms with E-state index in [1.807, 2.05) is 19.9 Å². The number of amides is 1. The van der Waals surface area contributed by atoms with Crippen LogP contribution in [0, 0.1) is 19.8 Å². The summed E-state index contributed by atoms with van der Waals surface area (Å²) in [6.45, 7) is 6.07. The van der Waals surface area contributed by atoms with Crippen LogP contribution < -0.4 is 5.32 Å². The maximum atomic E-state index is 12.7. The van der Waals surface area contributed by atoms with Gasteiger partial charge in [-0.1, -0.05) is 31.4 Å². The molecule has 2 heterocycles. The minimum absolute atomic E-state index is 0.196. The molecule has 2 unspecified atom stereocenters. The Morgan fingerprint density at radius 3 is 2.71 bits per heavy atom. The highest BCUT2D eigenvalue weighted by molar-refractivity contribution is 6.33. The minimum Gasteiger partial charge on any atom is -0.348 e. The molecule has 6 heteroatoms. The molecule has 1 saturated carbocycles. The second-order valence-electron chi connectivity index (χ2n) is 6.68. The van der Waals surface area contributed by atoms with E-state index in [9.17, 15) is 4.79 Å². The Morgan fingerprint density at radius 2 is 2.04 bits per heavy atom. The first-order valence-corrected chi connectivity index (χ1v) is 8.84. The predicted octanol–water partition coefficient (Wildman–Crippen LogP) is 3.85. The first-order chi connectivity index (χ1) is 11.5. The fraction of sp³-hybridized carbons (Fsp3) is 0.500. The Morgan fingerprint density at radius 1 is 1.29 bits per heavy atom. The van der Waals surface area contributed by atoms with Gasteiger partial charge in [-0.15, -0.1) is 0 Å². The number of aromatic nitrogens is 3. The summed E-state index contributed by atoms with van der Waals surface area (Å²) < 4.78 is 1.73. The predicted molar refractivity (Wildman–Crippen MR) is 94.7 cm³/mol. The van der Waals surface area contributed by atoms with Crippen LogP contribution >= 0.6 is 11.6 Å². The Hall–Kier alpha value is -1.88. The Balaban J connectivity index is 1.86. The van der Waals surface area contributed by atoms with Gasteiger partial charge >= 0.3 is 0 Å². The van der Waals surface area contributed by atoms with Gasteiger partial charge in [0, 0.05) is 11.7 Å². The number of hydrogen-bond acceptors (Lipinski definition) is 3. The highest BCUT2D eigenvalue weighted by atomic mass is 35.5. The van der Waals surface area contributed by atoms with Gasteiger partial charge in [-0.2, -0.15) is 5.10 Å². The number of nitrogens with one attached hydrogen (secondary N) is 1. The van der Waals surface area contributed by atoms with Gasteiger partial charge in [0.25, 0.3) is 5.91 Å². The monoisotopic (exact) mass is 346 g/mol. The molecule has 1 aliphatic carbocycles. The van der Waals surface area contributed by atoms with Crippen LogP contribution in [0.25, 0.3) is 5.82 Å². The Kier molecular flexibility index (Phi) is 4.90. The maximum Gasteiger partial charge on any atom is 0.271 e. The van der Waals surface area contributed by atoms with E-state index in [4.69, 9.17) is 11.6 Å². The zero-order valence-corrected chi connectivity index (χ0v) is 15.1. The topological polar surface area (TPSA) is 59.8 Å². The quantitative estimate of drug-likeness (QED) is 0.918. The van der Waals surface area contributed by atoms with E-state index < -0.39 is 0 Å². The van der Waals surface area contributed by atoms with Gasteiger partial charge in [0.1, 0.15) is 5.69 Å². The lowest BCUT2D eigenvalue weighted by Gasteiger charge is -2.29. The van der Waals surface area contributed by atoms with Gasteiger partial charge in [0.15, 0.2) is 5.82 Å². The number of carbonyl (C=O) groups is 1. The standard InChI is InChI=1S/C18H23ClN4O/c1-11-6-4-5-7-15(11)20-18(24)17-14(19)8-9-16(21-17)23-13(3)10-12(2)22-23/h8-11,15H,4-7H2,1-3H3,(H,20,24). The third-order valence-electron chi connectivity index (χ3n) is 4.70. The molecule has 0 radical (unpaired) electrons. The van der Waals surface area contributed by atoms with E-state index in [0.29, 0.717) is 16.8 Å². The summed E-state index contributed by atoms with van der Waals surface area (Å²) in [6, 6.07) is 5.66. The molecule has 1 fully saturated rings. The summed E-state index contributed by atoms with van der Waals surface area (Å²) in [7, 11) is 0. The summed E-state index contributed by atoms with van der Waals surface area (Å²) in [4.78, 5) is 17.1. The lowest BCUT2D eigenvalue weighted by Crippen LogP contribution is -2.41. The number of nitrogens with zero attached hydrogens (tertiary/aromatic N) is 3. The van der Waals surface area contributed by atoms with Crippen molar-refractivity contribution in [3.63, 3.8) is 0 Å². The molecule has 5 nitrogen and oxygen atoms in total. The average Bonchev–Trinajstić information content (AvgIpc) is 2.88. The first kappa shape index (κ1) is 17.0. The molecule has 0 spiro atoms. The van der Waals surface area contributed by atoms with E-state index in [0.717, 1.165) is 30.7 Å². The lowest BCUT2D eigenvalue weighted by molar-refractivity contribution is 0.0905. The molecule has 1 N–H and O–H groups in total. The van der Waals surface area contributed by atoms with Crippen LogP contribution in [-0.4, -0.2) is 26.7 Å². The fourth-order valence-electron chi connectivity index (χ4n) is 3.34. The van der Waals surface area contributed by atoms with Crippen molar-refractivity contribution < 1.29 is 4.79 Å². The van der Waals surface area contributed by atoms with Crippen molar-refractivity contribution >= 4 is 17.5 Å². The first-order valence-electron chi connectivity index (χ1n) is 8.47. The van der Waals surface area contributed by atoms with Crippen LogP contribution in [-0.2, 0) is 0 Å². The van der Waals surface area contributed by atoms with Gasteiger partial charge < -0.3 is 5.32 Å². The van der Waals surface area contributed by atoms with E-state index in [1.54, 1.807) is 16.8 Å². The van der Waals surface area contributed by atoms with Crippen LogP contribution in [0.15, 0.2) is 18.2 Å². The van der Waals surface area contributed by atoms with Crippen LogP contribution in [0.2, 0.25) is 5.02 Å². The van der Waals surface area contributed by atoms with Crippen LogP contribution in [0.1, 0.15) is 54.5 Å². The van der Waals surface area contributed by atoms with Crippen molar-refractivity contribution in [2.75, 3.05) is 0 Å². The average molecular weight is 347 g/mol. The van der Waals surface area contributed by atoms with Gasteiger partial charge in [0.05, 0.1) is 10.7 Å². The summed E-state index contributed by atoms with van der Waals surface area (Å²) in [5.41, 5.74) is 2.14. The third kappa shape index (κ3) is 3.46. The number of hydrogen-bond donors (Lipinski definition) is 1. The molecule has 2 aromatic rings. The van der Waals surface area contributed by atoms with Crippen LogP contribution in [0.4, 0.5) is 0 Å². The molecule has 0 bridgehead atoms. The molecule has 0 saturated heterocycles. The van der Waals surface area contributed by atoms with E-state index >= 15 is 0 Å². The van der Waals surface area contributed by atoms with Crippen molar-refractivity contribution in [1.82, 2.24) is 20.1 Å². The molecule has 128 valence electrons. The Labute approximate surface area is 147 Å². The van der Waals surface area contributed by atoms with Gasteiger partial charge in [-0.3, -0.25) is 4.79 Å². The lowest BCUT2D eigenvalue weighted by atomic mass is 9.86. The zero-order valence-electron chi connectivity index (χ0n) is 14.3. The summed E-state index contributed by atoms with van der Waals surface area (Å²) in [6.07, 6.45) is 4.56. The van der Waals surface area contributed by atoms with Crippen LogP contribution in [0.5, 0.6) is 0 Å². The fourth-order valence-corrected chi connectivity index (χ4v) is 3.53. The summed E-state index contributed by atoms with van der Waals surface area (Å²) in [5.74, 6) is 0.884. The molecule has 1 aliphatic rings. The van der Waals surface area contributed by atoms with E-state index in [-0.39, 0.29) is 17.6 Å². The normalized spacial score (nSPS) is 20.8. The minimum atomic E-state index is -0.206. The molecular formula is C18H23ClN4O. The number of rotatable bonds is 3. The SMILES string of the molecule is Cc1cc(C)n(-c2ccc(Cl)c(C(=O)NC3CCCCC3C)n2)n1. The molecule has 2 atom stereocenters. The third-order valence-corrected chi connectivity index (χ3v) is 5.01. The molecule has 0 aromatic carbocycles. The zero-order chi connectivity index (χ0) is 17.3. The summed E-state index contributed by atoms with van der Waals surface area (Å²) in [5, 5.41) is 7.89. The van der Waals surface area contributed by atoms with Gasteiger partial charge in [-0.25, -0.2) is 9.67 Å². The smallest absolute Gasteiger partial charge is 0.271 e. The van der Waals surface area contributed by atoms with Crippen molar-refractivity contribution in [2.45, 2.75) is 52.5 Å². The highest BCUT2D eigenvalue weighted by Gasteiger charge is 2.25. The van der Waals surface area contributed by atoms with Crippen LogP contribution in [0.3, 0.4) is 0 Å². The summed E-state index contributed by atoms with van der Waals surface area (Å²) >= 11 is 6.22. The number of halogens is 1. The van der Waals surface area contributed by atoms with Crippen molar-refractivity contribution in [2.24, 2.45) is 5.92 Å². The largest absolute Gasteiger partial charge is 0.348 e. The number of carbonyl (C=O) groups excluding carboxylic acids is 1. The van der Waals surface area contributed by atoms with Gasteiger partial charge in [0.2, 0.25) is 0 Å². The molecule has 1 amide bonds. The number of pyridine rings is 1. The molecule has 3 rings (SSSR count). The molecular weight excluding hydrogens is 324 g/mol. The molecule has 24 heavy (non-hydrogen) atoms. The van der Waals surface area contributed by atoms with Gasteiger partial charge in [-0.05, 0) is 50.8 Å². The highest BCUT2D eigenvalue weighted by Crippen LogP contribution is 2.25. The van der Waals surface area contributed by atoms with Crippen molar-refractivity contribution in [3.8, 4) is 5.82 Å². The second-order valence-corrected chi connectivity index (χ2v) is 7.09. The molecule has 2 aromatic heterocycles. The second kappa shape index (κ2) is 6.93. The van der Waals surface area contributed by atoms with E-state index in [2.05, 4.69) is 22.3 Å². The van der Waals surface area contributed by atoms with E-state index in [1.165, 1.54) is 6.42 Å². The van der Waals surface area contributed by atoms with Crippen molar-refractivity contribution in [1.29, 1.82) is 0 Å². The van der Waals surface area contributed by atoms with Crippen molar-refractivity contribution in [3.05, 3.63) is 40.3 Å². The Bertz CT molecular complexity index is 755. The maximum absolute atomic E-state index is 12.7.